The topological polar surface area (TPSA) is 58.2 Å². The molecule has 134 valence electrons. The van der Waals surface area contributed by atoms with Crippen molar-refractivity contribution in [1.29, 1.82) is 0 Å². The number of amides is 1. The Hall–Kier alpha value is -2.21. The summed E-state index contributed by atoms with van der Waals surface area (Å²) in [6, 6.07) is 3.11. The highest BCUT2D eigenvalue weighted by molar-refractivity contribution is 6.77. The van der Waals surface area contributed by atoms with E-state index in [0.717, 1.165) is 12.1 Å². The number of azo groups is 1. The molecule has 2 atom stereocenters. The Morgan fingerprint density at radius 2 is 2.04 bits per heavy atom. The number of carbonyl (C=O) groups is 1. The Balaban J connectivity index is 2.22. The maximum Gasteiger partial charge on any atom is 0.407 e. The lowest BCUT2D eigenvalue weighted by Crippen LogP contribution is -2.43. The van der Waals surface area contributed by atoms with Gasteiger partial charge in [0.15, 0.2) is 11.2 Å². The number of nitrogens with zero attached hydrogens (tertiary/aromatic N) is 3. The fraction of sp³-hybridized carbons (Fsp3) is 0.500. The second kappa shape index (κ2) is 6.26. The Morgan fingerprint density at radius 3 is 2.52 bits per heavy atom. The molecule has 0 radical (unpaired) electrons. The molecule has 0 fully saturated rings. The largest absolute Gasteiger partial charge is 0.407 e. The van der Waals surface area contributed by atoms with Crippen LogP contribution in [-0.2, 0) is 11.0 Å². The van der Waals surface area contributed by atoms with Crippen LogP contribution in [0.4, 0.5) is 24.5 Å². The van der Waals surface area contributed by atoms with E-state index in [9.17, 15) is 18.0 Å². The van der Waals surface area contributed by atoms with Gasteiger partial charge in [0.2, 0.25) is 0 Å². The first-order valence-electron chi connectivity index (χ1n) is 7.69. The summed E-state index contributed by atoms with van der Waals surface area (Å²) in [5.41, 5.74) is -2.69. The van der Waals surface area contributed by atoms with Crippen LogP contribution < -0.4 is 5.32 Å². The number of nitrogens with one attached hydrogen (secondary N) is 1. The number of hydrogen-bond acceptors (Lipinski definition) is 3. The Morgan fingerprint density at radius 1 is 1.40 bits per heavy atom. The summed E-state index contributed by atoms with van der Waals surface area (Å²) in [6.07, 6.45) is -4.22. The highest BCUT2D eigenvalue weighted by Gasteiger charge is 2.45. The Labute approximate surface area is 145 Å². The first-order valence-corrected chi connectivity index (χ1v) is 11.3. The summed E-state index contributed by atoms with van der Waals surface area (Å²) in [5, 5.41) is 10.8. The van der Waals surface area contributed by atoms with Gasteiger partial charge < -0.3 is 5.32 Å². The smallest absolute Gasteiger partial charge is 0.324 e. The van der Waals surface area contributed by atoms with Crippen molar-refractivity contribution in [3.8, 4) is 0 Å². The van der Waals surface area contributed by atoms with Crippen molar-refractivity contribution >= 4 is 25.4 Å². The van der Waals surface area contributed by atoms with E-state index in [1.54, 1.807) is 6.92 Å². The van der Waals surface area contributed by atoms with Crippen LogP contribution in [0.3, 0.4) is 0 Å². The van der Waals surface area contributed by atoms with Gasteiger partial charge >= 0.3 is 6.18 Å². The van der Waals surface area contributed by atoms with E-state index < -0.39 is 36.9 Å². The summed E-state index contributed by atoms with van der Waals surface area (Å²) >= 11 is 0. The van der Waals surface area contributed by atoms with Crippen molar-refractivity contribution in [2.45, 2.75) is 50.4 Å². The van der Waals surface area contributed by atoms with Crippen LogP contribution >= 0.6 is 0 Å². The van der Waals surface area contributed by atoms with Crippen molar-refractivity contribution in [1.82, 2.24) is 0 Å². The number of alkyl halides is 3. The minimum absolute atomic E-state index is 0.00141. The predicted octanol–water partition coefficient (Wildman–Crippen LogP) is 5.06. The average Bonchev–Trinajstić information content (AvgIpc) is 2.90. The van der Waals surface area contributed by atoms with E-state index >= 15 is 0 Å². The monoisotopic (exact) mass is 368 g/mol. The third kappa shape index (κ3) is 4.07. The molecule has 0 saturated carbocycles. The van der Waals surface area contributed by atoms with Gasteiger partial charge in [0, 0.05) is 12.1 Å². The summed E-state index contributed by atoms with van der Waals surface area (Å²) in [4.78, 5) is 15.4. The second-order valence-corrected chi connectivity index (χ2v) is 12.8. The van der Waals surface area contributed by atoms with Gasteiger partial charge in [-0.25, -0.2) is 4.85 Å². The molecular weight excluding hydrogens is 349 g/mol. The average molecular weight is 368 g/mol. The molecule has 1 amide bonds. The van der Waals surface area contributed by atoms with Crippen molar-refractivity contribution in [3.05, 3.63) is 35.2 Å². The number of rotatable bonds is 3. The van der Waals surface area contributed by atoms with Gasteiger partial charge in [-0.2, -0.15) is 23.4 Å². The number of anilines is 1. The first-order chi connectivity index (χ1) is 11.4. The molecule has 2 unspecified atom stereocenters. The highest BCUT2D eigenvalue weighted by Crippen LogP contribution is 2.38. The van der Waals surface area contributed by atoms with E-state index in [1.807, 2.05) is 0 Å². The summed E-state index contributed by atoms with van der Waals surface area (Å²) in [7, 11) is -1.62. The molecule has 0 spiro atoms. The minimum atomic E-state index is -4.67. The molecule has 1 aromatic rings. The van der Waals surface area contributed by atoms with Crippen molar-refractivity contribution in [2.24, 2.45) is 10.2 Å². The standard InChI is InChI=1S/C16H19F3N4OSi/c1-15(9-13(22-23-15)25(3,4)5)14(24)21-10-6-7-12(20-2)11(8-10)16(17,18)19/h6-8,13H,9H2,1,3-5H3,(H,21,24). The second-order valence-electron chi connectivity index (χ2n) is 7.37. The molecule has 1 heterocycles. The van der Waals surface area contributed by atoms with Crippen LogP contribution in [0.1, 0.15) is 18.9 Å². The predicted molar refractivity (Wildman–Crippen MR) is 91.3 cm³/mol. The van der Waals surface area contributed by atoms with Crippen molar-refractivity contribution < 1.29 is 18.0 Å². The normalized spacial score (nSPS) is 23.4. The molecule has 0 aromatic heterocycles. The zero-order valence-electron chi connectivity index (χ0n) is 14.4. The van der Waals surface area contributed by atoms with Gasteiger partial charge in [0.25, 0.3) is 5.91 Å². The molecule has 1 aliphatic rings. The lowest BCUT2D eigenvalue weighted by Gasteiger charge is -2.24. The van der Waals surface area contributed by atoms with Crippen molar-refractivity contribution in [2.75, 3.05) is 5.32 Å². The van der Waals surface area contributed by atoms with Crippen LogP contribution in [0.15, 0.2) is 28.4 Å². The molecule has 1 aliphatic heterocycles. The fourth-order valence-corrected chi connectivity index (χ4v) is 3.89. The Bertz CT molecular complexity index is 764. The van der Waals surface area contributed by atoms with Gasteiger partial charge in [-0.3, -0.25) is 4.79 Å². The van der Waals surface area contributed by atoms with Crippen molar-refractivity contribution in [3.63, 3.8) is 0 Å². The first kappa shape index (κ1) is 19.1. The summed E-state index contributed by atoms with van der Waals surface area (Å²) < 4.78 is 39.1. The fourth-order valence-electron chi connectivity index (χ4n) is 2.48. The number of halogens is 3. The molecule has 0 bridgehead atoms. The molecule has 25 heavy (non-hydrogen) atoms. The molecule has 1 aromatic carbocycles. The number of benzene rings is 1. The lowest BCUT2D eigenvalue weighted by molar-refractivity contribution is -0.136. The maximum absolute atomic E-state index is 13.0. The van der Waals surface area contributed by atoms with E-state index in [4.69, 9.17) is 6.57 Å². The maximum atomic E-state index is 13.0. The molecule has 5 nitrogen and oxygen atoms in total. The number of carbonyl (C=O) groups excluding carboxylic acids is 1. The van der Waals surface area contributed by atoms with Gasteiger partial charge in [0.1, 0.15) is 0 Å². The van der Waals surface area contributed by atoms with E-state index in [-0.39, 0.29) is 11.4 Å². The van der Waals surface area contributed by atoms with Gasteiger partial charge in [-0.05, 0) is 19.1 Å². The molecule has 1 N–H and O–H groups in total. The van der Waals surface area contributed by atoms with Gasteiger partial charge in [-0.1, -0.05) is 25.7 Å². The highest BCUT2D eigenvalue weighted by atomic mass is 28.3. The third-order valence-electron chi connectivity index (χ3n) is 4.18. The molecule has 2 rings (SSSR count). The minimum Gasteiger partial charge on any atom is -0.324 e. The van der Waals surface area contributed by atoms with Crippen LogP contribution in [-0.4, -0.2) is 25.2 Å². The Kier molecular flexibility index (Phi) is 4.78. The molecule has 0 saturated heterocycles. The number of hydrogen-bond donors (Lipinski definition) is 1. The summed E-state index contributed by atoms with van der Waals surface area (Å²) in [5.74, 6) is -0.499. The summed E-state index contributed by atoms with van der Waals surface area (Å²) in [6.45, 7) is 14.8. The quantitative estimate of drug-likeness (QED) is 0.589. The van der Waals surface area contributed by atoms with Crippen LogP contribution in [0, 0.1) is 6.57 Å². The molecule has 0 aliphatic carbocycles. The van der Waals surface area contributed by atoms with Crippen LogP contribution in [0.2, 0.25) is 19.6 Å². The third-order valence-corrected chi connectivity index (χ3v) is 6.50. The van der Waals surface area contributed by atoms with Crippen LogP contribution in [0.5, 0.6) is 0 Å². The molecule has 9 heteroatoms. The van der Waals surface area contributed by atoms with E-state index in [2.05, 4.69) is 40.0 Å². The van der Waals surface area contributed by atoms with E-state index in [0.29, 0.717) is 6.42 Å². The van der Waals surface area contributed by atoms with Gasteiger partial charge in [0.05, 0.1) is 25.9 Å². The van der Waals surface area contributed by atoms with Crippen LogP contribution in [0.25, 0.3) is 4.85 Å². The lowest BCUT2D eigenvalue weighted by atomic mass is 9.98. The zero-order valence-corrected chi connectivity index (χ0v) is 15.4. The SMILES string of the molecule is [C-]#[N+]c1ccc(NC(=O)C2(C)CC([Si](C)(C)C)N=N2)cc1C(F)(F)F. The zero-order chi connectivity index (χ0) is 19.0. The molecular formula is C16H19F3N4OSi. The van der Waals surface area contributed by atoms with Gasteiger partial charge in [-0.15, -0.1) is 0 Å². The van der Waals surface area contributed by atoms with E-state index in [1.165, 1.54) is 6.07 Å².